The Balaban J connectivity index is 2.17. The van der Waals surface area contributed by atoms with E-state index >= 15 is 0 Å². The van der Waals surface area contributed by atoms with E-state index in [-0.39, 0.29) is 5.91 Å². The lowest BCUT2D eigenvalue weighted by molar-refractivity contribution is 0.102. The number of nitrogens with zero attached hydrogens (tertiary/aromatic N) is 3. The molecule has 1 N–H and O–H groups in total. The fourth-order valence-corrected chi connectivity index (χ4v) is 1.50. The van der Waals surface area contributed by atoms with Crippen molar-refractivity contribution in [2.24, 2.45) is 0 Å². The third-order valence-corrected chi connectivity index (χ3v) is 2.61. The van der Waals surface area contributed by atoms with E-state index in [2.05, 4.69) is 36.2 Å². The first-order chi connectivity index (χ1) is 8.16. The van der Waals surface area contributed by atoms with Crippen molar-refractivity contribution in [1.82, 2.24) is 15.0 Å². The fourth-order valence-electron chi connectivity index (χ4n) is 1.11. The molecule has 2 heterocycles. The van der Waals surface area contributed by atoms with Crippen LogP contribution in [0.3, 0.4) is 0 Å². The first-order valence-electron chi connectivity index (χ1n) is 4.55. The van der Waals surface area contributed by atoms with Crippen LogP contribution < -0.4 is 5.32 Å². The Kier molecular flexibility index (Phi) is 3.65. The van der Waals surface area contributed by atoms with Crippen molar-refractivity contribution in [1.29, 1.82) is 0 Å². The van der Waals surface area contributed by atoms with Gasteiger partial charge in [-0.1, -0.05) is 11.6 Å². The lowest BCUT2D eigenvalue weighted by Gasteiger charge is -2.04. The molecule has 0 saturated heterocycles. The Hall–Kier alpha value is -1.53. The van der Waals surface area contributed by atoms with Crippen molar-refractivity contribution in [3.05, 3.63) is 46.0 Å². The summed E-state index contributed by atoms with van der Waals surface area (Å²) in [6.45, 7) is 0. The van der Waals surface area contributed by atoms with Crippen LogP contribution in [-0.4, -0.2) is 20.9 Å². The topological polar surface area (TPSA) is 67.8 Å². The minimum absolute atomic E-state index is 0.291. The minimum Gasteiger partial charge on any atom is -0.305 e. The van der Waals surface area contributed by atoms with Crippen LogP contribution in [0.25, 0.3) is 0 Å². The minimum atomic E-state index is -0.375. The average molecular weight is 314 g/mol. The summed E-state index contributed by atoms with van der Waals surface area (Å²) in [5.41, 5.74) is 0.291. The Bertz CT molecular complexity index is 546. The molecular formula is C10H6BrClN4O. The largest absolute Gasteiger partial charge is 0.305 e. The number of aromatic nitrogens is 3. The van der Waals surface area contributed by atoms with Gasteiger partial charge in [-0.2, -0.15) is 0 Å². The van der Waals surface area contributed by atoms with Crippen LogP contribution in [0.4, 0.5) is 5.82 Å². The number of rotatable bonds is 2. The van der Waals surface area contributed by atoms with Crippen molar-refractivity contribution in [3.63, 3.8) is 0 Å². The molecule has 7 heteroatoms. The van der Waals surface area contributed by atoms with Gasteiger partial charge in [0.05, 0.1) is 23.0 Å². The molecule has 0 bridgehead atoms. The third-order valence-electron chi connectivity index (χ3n) is 1.87. The summed E-state index contributed by atoms with van der Waals surface area (Å²) in [5, 5.41) is 2.90. The molecule has 2 rings (SSSR count). The van der Waals surface area contributed by atoms with Crippen LogP contribution >= 0.6 is 27.5 Å². The van der Waals surface area contributed by atoms with E-state index in [0.29, 0.717) is 21.0 Å². The summed E-state index contributed by atoms with van der Waals surface area (Å²) in [5.74, 6) is -0.0298. The second kappa shape index (κ2) is 5.20. The summed E-state index contributed by atoms with van der Waals surface area (Å²) in [6, 6.07) is 1.55. The highest BCUT2D eigenvalue weighted by Crippen LogP contribution is 2.15. The molecule has 1 amide bonds. The molecule has 0 aliphatic carbocycles. The molecular weight excluding hydrogens is 307 g/mol. The zero-order valence-electron chi connectivity index (χ0n) is 8.39. The maximum atomic E-state index is 11.8. The predicted octanol–water partition coefficient (Wildman–Crippen LogP) is 2.54. The molecule has 0 aromatic carbocycles. The maximum absolute atomic E-state index is 11.8. The molecule has 5 nitrogen and oxygen atoms in total. The summed E-state index contributed by atoms with van der Waals surface area (Å²) < 4.78 is 0.593. The number of pyridine rings is 1. The smallest absolute Gasteiger partial charge is 0.259 e. The van der Waals surface area contributed by atoms with Gasteiger partial charge >= 0.3 is 0 Å². The lowest BCUT2D eigenvalue weighted by atomic mass is 10.2. The molecule has 0 unspecified atom stereocenters. The molecule has 0 atom stereocenters. The number of amides is 1. The monoisotopic (exact) mass is 312 g/mol. The molecule has 0 aliphatic rings. The predicted molar refractivity (Wildman–Crippen MR) is 66.9 cm³/mol. The number of carbonyl (C=O) groups is 1. The highest BCUT2D eigenvalue weighted by molar-refractivity contribution is 9.10. The van der Waals surface area contributed by atoms with Crippen molar-refractivity contribution >= 4 is 39.3 Å². The maximum Gasteiger partial charge on any atom is 0.259 e. The van der Waals surface area contributed by atoms with E-state index in [1.54, 1.807) is 6.07 Å². The SMILES string of the molecule is O=C(Nc1cnc(Br)cn1)c1cnccc1Cl. The number of hydrogen-bond donors (Lipinski definition) is 1. The van der Waals surface area contributed by atoms with Crippen molar-refractivity contribution < 1.29 is 4.79 Å². The van der Waals surface area contributed by atoms with Gasteiger partial charge in [-0.15, -0.1) is 0 Å². The van der Waals surface area contributed by atoms with Gasteiger partial charge in [0.2, 0.25) is 0 Å². The quantitative estimate of drug-likeness (QED) is 0.925. The summed E-state index contributed by atoms with van der Waals surface area (Å²) in [7, 11) is 0. The van der Waals surface area contributed by atoms with Gasteiger partial charge in [0, 0.05) is 12.4 Å². The van der Waals surface area contributed by atoms with Gasteiger partial charge in [0.25, 0.3) is 5.91 Å². The lowest BCUT2D eigenvalue weighted by Crippen LogP contribution is -2.13. The van der Waals surface area contributed by atoms with E-state index in [1.807, 2.05) is 0 Å². The van der Waals surface area contributed by atoms with E-state index in [4.69, 9.17) is 11.6 Å². The number of carbonyl (C=O) groups excluding carboxylic acids is 1. The zero-order chi connectivity index (χ0) is 12.3. The standard InChI is InChI=1S/C10H6BrClN4O/c11-8-4-15-9(5-14-8)16-10(17)6-3-13-2-1-7(6)12/h1-5H,(H,15,16,17). The third kappa shape index (κ3) is 2.98. The van der Waals surface area contributed by atoms with Gasteiger partial charge < -0.3 is 5.32 Å². The van der Waals surface area contributed by atoms with Crippen LogP contribution in [0, 0.1) is 0 Å². The molecule has 0 fully saturated rings. The van der Waals surface area contributed by atoms with Gasteiger partial charge in [-0.25, -0.2) is 9.97 Å². The van der Waals surface area contributed by atoms with Gasteiger partial charge in [-0.3, -0.25) is 9.78 Å². The van der Waals surface area contributed by atoms with Crippen LogP contribution in [-0.2, 0) is 0 Å². The molecule has 17 heavy (non-hydrogen) atoms. The Morgan fingerprint density at radius 1 is 1.29 bits per heavy atom. The second-order valence-electron chi connectivity index (χ2n) is 3.03. The Labute approximate surface area is 110 Å². The van der Waals surface area contributed by atoms with Crippen LogP contribution in [0.2, 0.25) is 5.02 Å². The van der Waals surface area contributed by atoms with Gasteiger partial charge in [-0.05, 0) is 22.0 Å². The molecule has 86 valence electrons. The molecule has 0 saturated carbocycles. The van der Waals surface area contributed by atoms with E-state index in [9.17, 15) is 4.79 Å². The Morgan fingerprint density at radius 2 is 2.12 bits per heavy atom. The molecule has 2 aromatic heterocycles. The van der Waals surface area contributed by atoms with E-state index in [0.717, 1.165) is 0 Å². The normalized spacial score (nSPS) is 10.0. The molecule has 2 aromatic rings. The van der Waals surface area contributed by atoms with Crippen molar-refractivity contribution in [2.75, 3.05) is 5.32 Å². The highest BCUT2D eigenvalue weighted by Gasteiger charge is 2.10. The van der Waals surface area contributed by atoms with Crippen molar-refractivity contribution in [2.45, 2.75) is 0 Å². The second-order valence-corrected chi connectivity index (χ2v) is 4.25. The van der Waals surface area contributed by atoms with Crippen LogP contribution in [0.5, 0.6) is 0 Å². The molecule has 0 aliphatic heterocycles. The molecule has 0 spiro atoms. The summed E-state index contributed by atoms with van der Waals surface area (Å²) >= 11 is 9.02. The number of anilines is 1. The van der Waals surface area contributed by atoms with Gasteiger partial charge in [0.1, 0.15) is 4.60 Å². The highest BCUT2D eigenvalue weighted by atomic mass is 79.9. The average Bonchev–Trinajstić information content (AvgIpc) is 2.32. The number of hydrogen-bond acceptors (Lipinski definition) is 4. The van der Waals surface area contributed by atoms with Crippen LogP contribution in [0.15, 0.2) is 35.5 Å². The van der Waals surface area contributed by atoms with E-state index in [1.165, 1.54) is 24.8 Å². The van der Waals surface area contributed by atoms with Crippen molar-refractivity contribution in [3.8, 4) is 0 Å². The van der Waals surface area contributed by atoms with Gasteiger partial charge in [0.15, 0.2) is 5.82 Å². The van der Waals surface area contributed by atoms with E-state index < -0.39 is 0 Å². The number of halogens is 2. The Morgan fingerprint density at radius 3 is 2.76 bits per heavy atom. The first kappa shape index (κ1) is 11.9. The first-order valence-corrected chi connectivity index (χ1v) is 5.72. The summed E-state index contributed by atoms with van der Waals surface area (Å²) in [6.07, 6.45) is 5.83. The van der Waals surface area contributed by atoms with Crippen LogP contribution in [0.1, 0.15) is 10.4 Å². The summed E-state index contributed by atoms with van der Waals surface area (Å²) in [4.78, 5) is 23.5. The zero-order valence-corrected chi connectivity index (χ0v) is 10.7. The fraction of sp³-hybridized carbons (Fsp3) is 0. The molecule has 0 radical (unpaired) electrons. The number of nitrogens with one attached hydrogen (secondary N) is 1.